The summed E-state index contributed by atoms with van der Waals surface area (Å²) in [5.41, 5.74) is 1.86. The molecule has 2 aliphatic rings. The van der Waals surface area contributed by atoms with E-state index in [1.807, 2.05) is 6.07 Å². The van der Waals surface area contributed by atoms with Crippen LogP contribution >= 0.6 is 23.2 Å². The van der Waals surface area contributed by atoms with Crippen LogP contribution in [0.1, 0.15) is 23.2 Å². The number of pyridine rings is 2. The van der Waals surface area contributed by atoms with Crippen molar-refractivity contribution >= 4 is 51.8 Å². The Bertz CT molecular complexity index is 1500. The summed E-state index contributed by atoms with van der Waals surface area (Å²) in [5.74, 6) is 1.75. The summed E-state index contributed by atoms with van der Waals surface area (Å²) < 4.78 is 10.7. The molecule has 1 amide bonds. The van der Waals surface area contributed by atoms with E-state index >= 15 is 0 Å². The number of piperazine rings is 1. The third-order valence-electron chi connectivity index (χ3n) is 7.20. The first-order valence-electron chi connectivity index (χ1n) is 12.7. The van der Waals surface area contributed by atoms with Crippen molar-refractivity contribution in [1.29, 1.82) is 0 Å². The monoisotopic (exact) mass is 567 g/mol. The Morgan fingerprint density at radius 3 is 2.36 bits per heavy atom. The molecule has 12 heteroatoms. The number of amides is 1. The second-order valence-electron chi connectivity index (χ2n) is 9.56. The van der Waals surface area contributed by atoms with E-state index in [0.29, 0.717) is 55.2 Å². The molecule has 1 aromatic carbocycles. The second kappa shape index (κ2) is 10.5. The third kappa shape index (κ3) is 4.95. The highest BCUT2D eigenvalue weighted by Crippen LogP contribution is 2.45. The minimum absolute atomic E-state index is 0.309. The molecule has 0 atom stereocenters. The molecular formula is C27H27Cl2N7O3. The first kappa shape index (κ1) is 25.7. The van der Waals surface area contributed by atoms with Gasteiger partial charge in [-0.3, -0.25) is 14.8 Å². The van der Waals surface area contributed by atoms with Gasteiger partial charge in [-0.05, 0) is 37.1 Å². The fraction of sp³-hybridized carbons (Fsp3) is 0.333. The van der Waals surface area contributed by atoms with Gasteiger partial charge in [-0.2, -0.15) is 5.10 Å². The SMILES string of the molecule is COc1cc(OC)c(Cl)c(-c2ccc3c(NC(=O)c4ccc(N5CCN(C6CC6)CC5)nc4)n[nH]c3n2)c1Cl. The molecule has 3 aromatic heterocycles. The van der Waals surface area contributed by atoms with Crippen LogP contribution < -0.4 is 19.7 Å². The zero-order valence-electron chi connectivity index (χ0n) is 21.5. The lowest BCUT2D eigenvalue weighted by atomic mass is 10.1. The first-order chi connectivity index (χ1) is 19.0. The number of nitrogens with zero attached hydrogens (tertiary/aromatic N) is 5. The maximum absolute atomic E-state index is 13.0. The van der Waals surface area contributed by atoms with Gasteiger partial charge in [-0.1, -0.05) is 23.2 Å². The number of aromatic amines is 1. The highest BCUT2D eigenvalue weighted by atomic mass is 35.5. The quantitative estimate of drug-likeness (QED) is 0.325. The summed E-state index contributed by atoms with van der Waals surface area (Å²) in [6, 6.07) is 9.63. The van der Waals surface area contributed by atoms with Gasteiger partial charge >= 0.3 is 0 Å². The summed E-state index contributed by atoms with van der Waals surface area (Å²) in [7, 11) is 3.02. The van der Waals surface area contributed by atoms with Crippen molar-refractivity contribution in [3.63, 3.8) is 0 Å². The van der Waals surface area contributed by atoms with E-state index in [2.05, 4.69) is 35.3 Å². The minimum atomic E-state index is -0.311. The van der Waals surface area contributed by atoms with E-state index < -0.39 is 0 Å². The number of fused-ring (bicyclic) bond motifs is 1. The van der Waals surface area contributed by atoms with E-state index in [0.717, 1.165) is 38.0 Å². The van der Waals surface area contributed by atoms with Crippen molar-refractivity contribution in [2.24, 2.45) is 0 Å². The van der Waals surface area contributed by atoms with Crippen LogP contribution in [0.2, 0.25) is 10.0 Å². The zero-order valence-corrected chi connectivity index (χ0v) is 23.0. The number of hydrogen-bond acceptors (Lipinski definition) is 8. The number of nitrogens with one attached hydrogen (secondary N) is 2. The summed E-state index contributed by atoms with van der Waals surface area (Å²) in [4.78, 5) is 27.0. The number of carbonyl (C=O) groups is 1. The number of anilines is 2. The summed E-state index contributed by atoms with van der Waals surface area (Å²) in [5, 5.41) is 11.2. The van der Waals surface area contributed by atoms with Crippen molar-refractivity contribution in [2.45, 2.75) is 18.9 Å². The van der Waals surface area contributed by atoms with Crippen LogP contribution in [0.5, 0.6) is 11.5 Å². The molecule has 2 fully saturated rings. The maximum atomic E-state index is 13.0. The van der Waals surface area contributed by atoms with Crippen LogP contribution in [0.4, 0.5) is 11.6 Å². The molecular weight excluding hydrogens is 541 g/mol. The van der Waals surface area contributed by atoms with Gasteiger partial charge in [0.05, 0.1) is 40.9 Å². The number of methoxy groups -OCH3 is 2. The molecule has 10 nitrogen and oxygen atoms in total. The van der Waals surface area contributed by atoms with Crippen molar-refractivity contribution in [3.05, 3.63) is 52.1 Å². The minimum Gasteiger partial charge on any atom is -0.495 e. The Hall–Kier alpha value is -3.60. The number of aromatic nitrogens is 4. The Morgan fingerprint density at radius 1 is 1.03 bits per heavy atom. The zero-order chi connectivity index (χ0) is 27.1. The lowest BCUT2D eigenvalue weighted by molar-refractivity contribution is 0.102. The predicted octanol–water partition coefficient (Wildman–Crippen LogP) is 4.88. The maximum Gasteiger partial charge on any atom is 0.258 e. The molecule has 1 aliphatic heterocycles. The van der Waals surface area contributed by atoms with Crippen LogP contribution in [0.3, 0.4) is 0 Å². The molecule has 202 valence electrons. The molecule has 1 saturated heterocycles. The van der Waals surface area contributed by atoms with E-state index in [1.165, 1.54) is 27.1 Å². The molecule has 0 bridgehead atoms. The average Bonchev–Trinajstić information content (AvgIpc) is 3.75. The fourth-order valence-corrected chi connectivity index (χ4v) is 5.59. The van der Waals surface area contributed by atoms with Crippen LogP contribution in [0.25, 0.3) is 22.3 Å². The molecule has 1 aliphatic carbocycles. The summed E-state index contributed by atoms with van der Waals surface area (Å²) >= 11 is 13.1. The van der Waals surface area contributed by atoms with Crippen LogP contribution in [-0.2, 0) is 0 Å². The molecule has 4 heterocycles. The topological polar surface area (TPSA) is 109 Å². The molecule has 0 spiro atoms. The Balaban J connectivity index is 1.18. The highest BCUT2D eigenvalue weighted by Gasteiger charge is 2.31. The van der Waals surface area contributed by atoms with Gasteiger partial charge in [-0.25, -0.2) is 9.97 Å². The smallest absolute Gasteiger partial charge is 0.258 e. The largest absolute Gasteiger partial charge is 0.495 e. The van der Waals surface area contributed by atoms with Crippen molar-refractivity contribution in [1.82, 2.24) is 25.1 Å². The van der Waals surface area contributed by atoms with E-state index in [1.54, 1.807) is 30.5 Å². The third-order valence-corrected chi connectivity index (χ3v) is 7.95. The number of rotatable bonds is 7. The molecule has 6 rings (SSSR count). The predicted molar refractivity (Wildman–Crippen MR) is 151 cm³/mol. The van der Waals surface area contributed by atoms with Gasteiger partial charge in [0, 0.05) is 50.0 Å². The molecule has 0 radical (unpaired) electrons. The van der Waals surface area contributed by atoms with E-state index in [9.17, 15) is 4.79 Å². The number of H-pyrrole nitrogens is 1. The fourth-order valence-electron chi connectivity index (χ4n) is 4.89. The number of ether oxygens (including phenoxy) is 2. The average molecular weight is 568 g/mol. The molecule has 0 unspecified atom stereocenters. The number of hydrogen-bond donors (Lipinski definition) is 2. The van der Waals surface area contributed by atoms with Crippen molar-refractivity contribution in [2.75, 3.05) is 50.6 Å². The van der Waals surface area contributed by atoms with Gasteiger partial charge in [0.15, 0.2) is 11.5 Å². The van der Waals surface area contributed by atoms with Gasteiger partial charge in [0.25, 0.3) is 5.91 Å². The Morgan fingerprint density at radius 2 is 1.74 bits per heavy atom. The van der Waals surface area contributed by atoms with E-state index in [4.69, 9.17) is 32.7 Å². The lowest BCUT2D eigenvalue weighted by Gasteiger charge is -2.35. The van der Waals surface area contributed by atoms with Crippen LogP contribution in [-0.4, -0.2) is 77.4 Å². The van der Waals surface area contributed by atoms with Crippen molar-refractivity contribution < 1.29 is 14.3 Å². The number of halogens is 2. The molecule has 4 aromatic rings. The van der Waals surface area contributed by atoms with E-state index in [-0.39, 0.29) is 5.91 Å². The lowest BCUT2D eigenvalue weighted by Crippen LogP contribution is -2.47. The first-order valence-corrected chi connectivity index (χ1v) is 13.4. The summed E-state index contributed by atoms with van der Waals surface area (Å²) in [6.07, 6.45) is 4.25. The normalized spacial score (nSPS) is 15.9. The molecule has 39 heavy (non-hydrogen) atoms. The molecule has 2 N–H and O–H groups in total. The number of carbonyl (C=O) groups excluding carboxylic acids is 1. The van der Waals surface area contributed by atoms with Gasteiger partial charge in [-0.15, -0.1) is 0 Å². The standard InChI is InChI=1S/C27H27Cl2N7O3/c1-38-19-13-20(39-2)24(29)22(23(19)28)18-7-6-17-25(31-18)33-34-26(17)32-27(37)15-3-8-21(30-14-15)36-11-9-35(10-12-36)16-4-5-16/h3,6-8,13-14,16H,4-5,9-12H2,1-2H3,(H2,31,32,33,34,37). The Kier molecular flexibility index (Phi) is 6.92. The van der Waals surface area contributed by atoms with Crippen LogP contribution in [0.15, 0.2) is 36.5 Å². The Labute approximate surface area is 235 Å². The second-order valence-corrected chi connectivity index (χ2v) is 10.3. The van der Waals surface area contributed by atoms with Gasteiger partial charge < -0.3 is 19.7 Å². The molecule has 1 saturated carbocycles. The van der Waals surface area contributed by atoms with Crippen molar-refractivity contribution in [3.8, 4) is 22.8 Å². The number of benzene rings is 1. The highest BCUT2D eigenvalue weighted by molar-refractivity contribution is 6.41. The van der Waals surface area contributed by atoms with Crippen LogP contribution in [0, 0.1) is 0 Å². The van der Waals surface area contributed by atoms with Gasteiger partial charge in [0.1, 0.15) is 17.3 Å². The van der Waals surface area contributed by atoms with Gasteiger partial charge in [0.2, 0.25) is 0 Å². The summed E-state index contributed by atoms with van der Waals surface area (Å²) in [6.45, 7) is 4.01.